The van der Waals surface area contributed by atoms with Gasteiger partial charge in [0.25, 0.3) is 5.91 Å². The number of fused-ring (bicyclic) bond motifs is 7. The number of rotatable bonds is 3. The van der Waals surface area contributed by atoms with E-state index in [0.717, 1.165) is 62.8 Å². The minimum absolute atomic E-state index is 0.163. The minimum Gasteiger partial charge on any atom is -0.469 e. The van der Waals surface area contributed by atoms with Gasteiger partial charge < -0.3 is 39.6 Å². The number of para-hydroxylation sites is 1. The van der Waals surface area contributed by atoms with Crippen LogP contribution in [0.15, 0.2) is 75.8 Å². The number of hydrogen-bond acceptors (Lipinski definition) is 9. The van der Waals surface area contributed by atoms with Crippen LogP contribution in [0.2, 0.25) is 0 Å². The molecule has 2 amide bonds. The van der Waals surface area contributed by atoms with Crippen molar-refractivity contribution in [3.63, 3.8) is 0 Å². The number of nitrogens with one attached hydrogen (secondary N) is 4. The predicted molar refractivity (Wildman–Crippen MR) is 194 cm³/mol. The molecule has 4 atom stereocenters. The predicted octanol–water partition coefficient (Wildman–Crippen LogP) is 6.10. The molecule has 1 aliphatic carbocycles. The van der Waals surface area contributed by atoms with E-state index in [9.17, 15) is 14.7 Å². The van der Waals surface area contributed by atoms with Crippen molar-refractivity contribution in [1.29, 1.82) is 0 Å². The SMILES string of the molecule is CC(C)[C@@H]1NC(=O)[C@@H](NC(=O)C2(O)CCCC2)Cc2ccc3c(c2)[C@]24c5cccc(c5NC2O3)-c2cccc3[nH]cc(c23)-c2cnc(o2)-c2nc1oc24. The van der Waals surface area contributed by atoms with Crippen LogP contribution >= 0.6 is 0 Å². The smallest absolute Gasteiger partial charge is 0.252 e. The highest BCUT2D eigenvalue weighted by molar-refractivity contribution is 6.07. The monoisotopic (exact) mass is 708 g/mol. The molecule has 1 spiro atoms. The highest BCUT2D eigenvalue weighted by atomic mass is 16.5. The molecular formula is C41H36N6O6. The lowest BCUT2D eigenvalue weighted by Crippen LogP contribution is -2.55. The van der Waals surface area contributed by atoms with E-state index in [0.29, 0.717) is 35.8 Å². The highest BCUT2D eigenvalue weighted by Gasteiger charge is 2.61. The highest BCUT2D eigenvalue weighted by Crippen LogP contribution is 2.61. The maximum atomic E-state index is 14.3. The van der Waals surface area contributed by atoms with E-state index < -0.39 is 41.1 Å². The number of H-pyrrole nitrogens is 1. The number of nitrogens with zero attached hydrogens (tertiary/aromatic N) is 2. The summed E-state index contributed by atoms with van der Waals surface area (Å²) >= 11 is 0. The third kappa shape index (κ3) is 4.09. The van der Waals surface area contributed by atoms with Gasteiger partial charge in [-0.2, -0.15) is 0 Å². The zero-order valence-corrected chi connectivity index (χ0v) is 29.1. The van der Waals surface area contributed by atoms with Crippen LogP contribution in [0, 0.1) is 5.92 Å². The number of oxazole rings is 2. The van der Waals surface area contributed by atoms with E-state index in [1.807, 2.05) is 50.4 Å². The van der Waals surface area contributed by atoms with Crippen LogP contribution < -0.4 is 20.7 Å². The Labute approximate surface area is 303 Å². The molecule has 5 aliphatic rings. The third-order valence-electron chi connectivity index (χ3n) is 12.0. The first-order valence-corrected chi connectivity index (χ1v) is 18.3. The van der Waals surface area contributed by atoms with Crippen molar-refractivity contribution >= 4 is 28.4 Å². The average molecular weight is 709 g/mol. The molecule has 12 heteroatoms. The molecule has 53 heavy (non-hydrogen) atoms. The van der Waals surface area contributed by atoms with Gasteiger partial charge in [-0.3, -0.25) is 9.59 Å². The Bertz CT molecular complexity index is 2540. The lowest BCUT2D eigenvalue weighted by molar-refractivity contribution is -0.142. The van der Waals surface area contributed by atoms with E-state index in [1.165, 1.54) is 0 Å². The molecular weight excluding hydrogens is 672 g/mol. The van der Waals surface area contributed by atoms with E-state index in [4.69, 9.17) is 23.5 Å². The fraction of sp³-hybridized carbons (Fsp3) is 0.317. The number of ether oxygens (including phenoxy) is 1. The largest absolute Gasteiger partial charge is 0.469 e. The number of carbonyl (C=O) groups is 2. The first-order chi connectivity index (χ1) is 25.7. The van der Waals surface area contributed by atoms with Gasteiger partial charge in [0.1, 0.15) is 28.8 Å². The van der Waals surface area contributed by atoms with Crippen LogP contribution in [-0.4, -0.2) is 49.7 Å². The first kappa shape index (κ1) is 30.7. The number of hydrogen-bond donors (Lipinski definition) is 5. The Kier molecular flexibility index (Phi) is 6.14. The molecule has 10 bridgehead atoms. The second-order valence-electron chi connectivity index (χ2n) is 15.4. The van der Waals surface area contributed by atoms with Gasteiger partial charge in [0, 0.05) is 51.5 Å². The Morgan fingerprint density at radius 3 is 2.68 bits per heavy atom. The summed E-state index contributed by atoms with van der Waals surface area (Å²) in [5.74, 6) is 1.18. The Morgan fingerprint density at radius 2 is 1.83 bits per heavy atom. The third-order valence-corrected chi connectivity index (χ3v) is 12.0. The minimum atomic E-state index is -1.50. The average Bonchev–Trinajstić information content (AvgIpc) is 3.99. The van der Waals surface area contributed by atoms with Gasteiger partial charge in [0.15, 0.2) is 23.4 Å². The van der Waals surface area contributed by atoms with E-state index in [2.05, 4.69) is 45.2 Å². The number of aromatic amines is 1. The molecule has 1 saturated carbocycles. The van der Waals surface area contributed by atoms with Gasteiger partial charge in [-0.1, -0.05) is 56.3 Å². The molecule has 11 rings (SSSR count). The summed E-state index contributed by atoms with van der Waals surface area (Å²) in [5.41, 5.74) is 5.18. The summed E-state index contributed by atoms with van der Waals surface area (Å²) in [6.45, 7) is 3.96. The molecule has 6 aromatic rings. The number of benzene rings is 3. The molecule has 1 fully saturated rings. The normalized spacial score (nSPS) is 24.2. The van der Waals surface area contributed by atoms with Crippen molar-refractivity contribution in [3.05, 3.63) is 95.3 Å². The molecule has 12 nitrogen and oxygen atoms in total. The van der Waals surface area contributed by atoms with Gasteiger partial charge in [-0.15, -0.1) is 0 Å². The second kappa shape index (κ2) is 10.6. The summed E-state index contributed by atoms with van der Waals surface area (Å²) in [6.07, 6.45) is 5.44. The van der Waals surface area contributed by atoms with Gasteiger partial charge >= 0.3 is 0 Å². The fourth-order valence-corrected chi connectivity index (χ4v) is 9.34. The van der Waals surface area contributed by atoms with Crippen molar-refractivity contribution < 1.29 is 28.3 Å². The molecule has 4 aliphatic heterocycles. The number of aliphatic hydroxyl groups is 1. The topological polar surface area (TPSA) is 168 Å². The van der Waals surface area contributed by atoms with Crippen LogP contribution in [0.3, 0.4) is 0 Å². The molecule has 3 aromatic heterocycles. The summed E-state index contributed by atoms with van der Waals surface area (Å²) < 4.78 is 20.5. The van der Waals surface area contributed by atoms with Crippen LogP contribution in [0.25, 0.3) is 44.9 Å². The van der Waals surface area contributed by atoms with Gasteiger partial charge in [-0.25, -0.2) is 9.97 Å². The standard InChI is InChI=1S/C41H36N6O6/c1-19(2)31-37-46-33-34(53-37)41-24-9-5-8-22(21-7-6-10-26-30(21)23(17-42-26)29-18-43-36(33)51-29)32(24)47-39(41)52-28-12-11-20(15-25(28)41)16-27(35(48)45-31)44-38(49)40(50)13-3-4-14-40/h5-12,15,17-19,27,31,39,42,47,50H,3-4,13-14,16H2,1-2H3,(H,44,49)(H,45,48)/t27-,31-,39?,41-/m0/s1. The van der Waals surface area contributed by atoms with Crippen molar-refractivity contribution in [2.24, 2.45) is 5.92 Å². The molecule has 266 valence electrons. The lowest BCUT2D eigenvalue weighted by Gasteiger charge is -2.29. The zero-order chi connectivity index (χ0) is 35.8. The van der Waals surface area contributed by atoms with Crippen molar-refractivity contribution in [1.82, 2.24) is 25.6 Å². The van der Waals surface area contributed by atoms with Crippen LogP contribution in [0.1, 0.15) is 73.9 Å². The van der Waals surface area contributed by atoms with E-state index >= 15 is 0 Å². The Hall–Kier alpha value is -5.88. The molecule has 0 saturated heterocycles. The number of carbonyl (C=O) groups excluding carboxylic acids is 2. The van der Waals surface area contributed by atoms with Crippen LogP contribution in [0.4, 0.5) is 5.69 Å². The molecule has 7 heterocycles. The fourth-order valence-electron chi connectivity index (χ4n) is 9.34. The lowest BCUT2D eigenvalue weighted by atomic mass is 9.72. The summed E-state index contributed by atoms with van der Waals surface area (Å²) in [4.78, 5) is 41.2. The van der Waals surface area contributed by atoms with Crippen molar-refractivity contribution in [3.8, 4) is 39.8 Å². The van der Waals surface area contributed by atoms with E-state index in [1.54, 1.807) is 6.20 Å². The van der Waals surface area contributed by atoms with Gasteiger partial charge in [0.2, 0.25) is 17.7 Å². The number of amides is 2. The molecule has 3 aromatic carbocycles. The van der Waals surface area contributed by atoms with E-state index in [-0.39, 0.29) is 24.1 Å². The van der Waals surface area contributed by atoms with Gasteiger partial charge in [0.05, 0.1) is 6.20 Å². The van der Waals surface area contributed by atoms with Gasteiger partial charge in [-0.05, 0) is 54.9 Å². The number of aromatic nitrogens is 3. The maximum Gasteiger partial charge on any atom is 0.252 e. The Morgan fingerprint density at radius 1 is 1.00 bits per heavy atom. The Balaban J connectivity index is 1.19. The molecule has 0 radical (unpaired) electrons. The van der Waals surface area contributed by atoms with Crippen molar-refractivity contribution in [2.75, 3.05) is 5.32 Å². The molecule has 5 N–H and O–H groups in total. The zero-order valence-electron chi connectivity index (χ0n) is 29.1. The maximum absolute atomic E-state index is 14.3. The molecule has 1 unspecified atom stereocenters. The second-order valence-corrected chi connectivity index (χ2v) is 15.4. The summed E-state index contributed by atoms with van der Waals surface area (Å²) in [6, 6.07) is 16.7. The quantitative estimate of drug-likeness (QED) is 0.146. The van der Waals surface area contributed by atoms with Crippen LogP contribution in [-0.2, 0) is 21.4 Å². The first-order valence-electron chi connectivity index (χ1n) is 18.3. The summed E-state index contributed by atoms with van der Waals surface area (Å²) in [7, 11) is 0. The van der Waals surface area contributed by atoms with Crippen LogP contribution in [0.5, 0.6) is 5.75 Å². The summed E-state index contributed by atoms with van der Waals surface area (Å²) in [5, 5.41) is 22.0. The van der Waals surface area contributed by atoms with Crippen molar-refractivity contribution in [2.45, 2.75) is 75.3 Å². The number of anilines is 1.